The molecular weight excluding hydrogens is 284 g/mol. The summed E-state index contributed by atoms with van der Waals surface area (Å²) >= 11 is 0. The average Bonchev–Trinajstić information content (AvgIpc) is 2.42. The van der Waals surface area contributed by atoms with E-state index in [-0.39, 0.29) is 23.2 Å². The molecule has 0 unspecified atom stereocenters. The first-order valence-electron chi connectivity index (χ1n) is 7.71. The Bertz CT molecular complexity index is 357. The van der Waals surface area contributed by atoms with Crippen molar-refractivity contribution in [1.82, 2.24) is 21.3 Å². The average molecular weight is 316 g/mol. The van der Waals surface area contributed by atoms with Crippen molar-refractivity contribution >= 4 is 12.1 Å². The van der Waals surface area contributed by atoms with Gasteiger partial charge in [0.1, 0.15) is 0 Å². The Labute approximate surface area is 133 Å². The zero-order chi connectivity index (χ0) is 17.2. The predicted molar refractivity (Wildman–Crippen MR) is 88.0 cm³/mol. The van der Waals surface area contributed by atoms with Crippen LogP contribution >= 0.6 is 0 Å². The van der Waals surface area contributed by atoms with Gasteiger partial charge < -0.3 is 26.0 Å². The summed E-state index contributed by atoms with van der Waals surface area (Å²) in [6.45, 7) is 9.18. The molecule has 0 aromatic heterocycles. The van der Waals surface area contributed by atoms with Crippen molar-refractivity contribution in [2.45, 2.75) is 58.1 Å². The van der Waals surface area contributed by atoms with Crippen molar-refractivity contribution in [2.24, 2.45) is 0 Å². The Balaban J connectivity index is 3.96. The maximum atomic E-state index is 11.3. The van der Waals surface area contributed by atoms with Crippen LogP contribution in [0.2, 0.25) is 0 Å². The summed E-state index contributed by atoms with van der Waals surface area (Å²) < 4.78 is 5.91. The van der Waals surface area contributed by atoms with E-state index in [1.54, 1.807) is 14.1 Å². The fraction of sp³-hybridized carbons (Fsp3) is 0.867. The first-order chi connectivity index (χ1) is 10.1. The van der Waals surface area contributed by atoms with E-state index in [9.17, 15) is 9.59 Å². The Morgan fingerprint density at radius 3 is 2.09 bits per heavy atom. The fourth-order valence-corrected chi connectivity index (χ4v) is 1.89. The van der Waals surface area contributed by atoms with Crippen LogP contribution in [0.4, 0.5) is 9.59 Å². The lowest BCUT2D eigenvalue weighted by atomic mass is 10.00. The quantitative estimate of drug-likeness (QED) is 0.487. The Kier molecular flexibility index (Phi) is 8.86. The van der Waals surface area contributed by atoms with Gasteiger partial charge in [0.15, 0.2) is 0 Å². The molecule has 0 atom stereocenters. The molecule has 0 heterocycles. The second kappa shape index (κ2) is 9.50. The number of carbonyl (C=O) groups excluding carboxylic acids is 2. The molecule has 0 radical (unpaired) electrons. The van der Waals surface area contributed by atoms with E-state index in [1.165, 1.54) is 0 Å². The van der Waals surface area contributed by atoms with Gasteiger partial charge in [-0.1, -0.05) is 0 Å². The van der Waals surface area contributed by atoms with Crippen molar-refractivity contribution in [1.29, 1.82) is 0 Å². The number of nitrogens with one attached hydrogen (secondary N) is 4. The molecule has 0 aromatic rings. The minimum atomic E-state index is -0.322. The SMILES string of the molecule is CNC(=O)NCCCC(C)(C)OCCC(C)(C)NC(=O)NC. The lowest BCUT2D eigenvalue weighted by Crippen LogP contribution is -2.48. The molecule has 4 amide bonds. The molecule has 22 heavy (non-hydrogen) atoms. The maximum Gasteiger partial charge on any atom is 0.314 e. The third-order valence-electron chi connectivity index (χ3n) is 3.37. The highest BCUT2D eigenvalue weighted by molar-refractivity contribution is 5.74. The van der Waals surface area contributed by atoms with Crippen molar-refractivity contribution in [2.75, 3.05) is 27.2 Å². The summed E-state index contributed by atoms with van der Waals surface area (Å²) in [5.74, 6) is 0. The third kappa shape index (κ3) is 10.3. The van der Waals surface area contributed by atoms with Crippen molar-refractivity contribution in [3.8, 4) is 0 Å². The molecule has 0 rings (SSSR count). The van der Waals surface area contributed by atoms with E-state index < -0.39 is 0 Å². The predicted octanol–water partition coefficient (Wildman–Crippen LogP) is 1.59. The van der Waals surface area contributed by atoms with Gasteiger partial charge in [0.05, 0.1) is 5.60 Å². The van der Waals surface area contributed by atoms with Crippen LogP contribution in [0.3, 0.4) is 0 Å². The summed E-state index contributed by atoms with van der Waals surface area (Å²) in [6, 6.07) is -0.356. The fourth-order valence-electron chi connectivity index (χ4n) is 1.89. The van der Waals surface area contributed by atoms with Gasteiger partial charge in [-0.05, 0) is 47.0 Å². The van der Waals surface area contributed by atoms with E-state index in [4.69, 9.17) is 4.74 Å². The second-order valence-corrected chi connectivity index (χ2v) is 6.56. The van der Waals surface area contributed by atoms with Crippen LogP contribution in [0.25, 0.3) is 0 Å². The number of ether oxygens (including phenoxy) is 1. The van der Waals surface area contributed by atoms with E-state index in [1.807, 2.05) is 27.7 Å². The van der Waals surface area contributed by atoms with Gasteiger partial charge in [-0.3, -0.25) is 0 Å². The number of carbonyl (C=O) groups is 2. The van der Waals surface area contributed by atoms with Crippen LogP contribution in [0.1, 0.15) is 47.0 Å². The molecule has 4 N–H and O–H groups in total. The molecule has 0 aliphatic carbocycles. The lowest BCUT2D eigenvalue weighted by molar-refractivity contribution is -0.0311. The monoisotopic (exact) mass is 316 g/mol. The molecular formula is C15H32N4O3. The van der Waals surface area contributed by atoms with E-state index in [0.717, 1.165) is 19.3 Å². The largest absolute Gasteiger partial charge is 0.375 e. The van der Waals surface area contributed by atoms with Crippen LogP contribution < -0.4 is 21.3 Å². The summed E-state index contributed by atoms with van der Waals surface area (Å²) in [5, 5.41) is 10.7. The van der Waals surface area contributed by atoms with Gasteiger partial charge in [-0.2, -0.15) is 0 Å². The normalized spacial score (nSPS) is 11.7. The zero-order valence-electron chi connectivity index (χ0n) is 14.8. The summed E-state index contributed by atoms with van der Waals surface area (Å²) in [7, 11) is 3.19. The van der Waals surface area contributed by atoms with E-state index >= 15 is 0 Å². The molecule has 0 bridgehead atoms. The number of hydrogen-bond acceptors (Lipinski definition) is 3. The van der Waals surface area contributed by atoms with Crippen LogP contribution in [0, 0.1) is 0 Å². The highest BCUT2D eigenvalue weighted by Crippen LogP contribution is 2.18. The molecule has 0 saturated carbocycles. The zero-order valence-corrected chi connectivity index (χ0v) is 14.8. The Morgan fingerprint density at radius 2 is 1.55 bits per heavy atom. The first kappa shape index (κ1) is 20.5. The highest BCUT2D eigenvalue weighted by Gasteiger charge is 2.23. The highest BCUT2D eigenvalue weighted by atomic mass is 16.5. The minimum Gasteiger partial charge on any atom is -0.375 e. The number of amides is 4. The van der Waals surface area contributed by atoms with Gasteiger partial charge >= 0.3 is 12.1 Å². The molecule has 7 nitrogen and oxygen atoms in total. The first-order valence-corrected chi connectivity index (χ1v) is 7.71. The number of rotatable bonds is 9. The molecule has 0 aromatic carbocycles. The molecule has 0 spiro atoms. The van der Waals surface area contributed by atoms with Crippen molar-refractivity contribution in [3.63, 3.8) is 0 Å². The van der Waals surface area contributed by atoms with Crippen LogP contribution in [-0.2, 0) is 4.74 Å². The van der Waals surface area contributed by atoms with Crippen molar-refractivity contribution in [3.05, 3.63) is 0 Å². The lowest BCUT2D eigenvalue weighted by Gasteiger charge is -2.30. The molecule has 7 heteroatoms. The summed E-state index contributed by atoms with van der Waals surface area (Å²) in [6.07, 6.45) is 2.42. The van der Waals surface area contributed by atoms with E-state index in [2.05, 4.69) is 21.3 Å². The summed E-state index contributed by atoms with van der Waals surface area (Å²) in [5.41, 5.74) is -0.579. The Hall–Kier alpha value is -1.50. The van der Waals surface area contributed by atoms with Gasteiger partial charge in [0.25, 0.3) is 0 Å². The number of hydrogen-bond donors (Lipinski definition) is 4. The van der Waals surface area contributed by atoms with Gasteiger partial charge in [-0.25, -0.2) is 9.59 Å². The smallest absolute Gasteiger partial charge is 0.314 e. The van der Waals surface area contributed by atoms with Gasteiger partial charge in [-0.15, -0.1) is 0 Å². The minimum absolute atomic E-state index is 0.166. The second-order valence-electron chi connectivity index (χ2n) is 6.56. The standard InChI is InChI=1S/C15H32N4O3/c1-14(2,19-13(21)17-6)9-11-22-15(3,4)8-7-10-18-12(20)16-5/h7-11H2,1-6H3,(H2,16,18,20)(H2,17,19,21). The van der Waals surface area contributed by atoms with Crippen LogP contribution in [0.15, 0.2) is 0 Å². The van der Waals surface area contributed by atoms with Crippen LogP contribution in [-0.4, -0.2) is 50.4 Å². The van der Waals surface area contributed by atoms with Gasteiger partial charge in [0, 0.05) is 32.8 Å². The topological polar surface area (TPSA) is 91.5 Å². The van der Waals surface area contributed by atoms with E-state index in [0.29, 0.717) is 13.2 Å². The molecule has 130 valence electrons. The molecule has 0 saturated heterocycles. The number of urea groups is 2. The maximum absolute atomic E-state index is 11.3. The Morgan fingerprint density at radius 1 is 0.955 bits per heavy atom. The third-order valence-corrected chi connectivity index (χ3v) is 3.37. The van der Waals surface area contributed by atoms with Crippen LogP contribution in [0.5, 0.6) is 0 Å². The van der Waals surface area contributed by atoms with Gasteiger partial charge in [0.2, 0.25) is 0 Å². The molecule has 0 aliphatic rings. The molecule has 0 fully saturated rings. The molecule has 0 aliphatic heterocycles. The van der Waals surface area contributed by atoms with Crippen molar-refractivity contribution < 1.29 is 14.3 Å². The summed E-state index contributed by atoms with van der Waals surface area (Å²) in [4.78, 5) is 22.4.